The van der Waals surface area contributed by atoms with Crippen LogP contribution in [0.4, 0.5) is 23.0 Å². The number of aromatic nitrogens is 4. The molecule has 14 nitrogen and oxygen atoms in total. The fourth-order valence-corrected chi connectivity index (χ4v) is 14.1. The maximum absolute atomic E-state index is 12.8. The number of fused-ring (bicyclic) bond motifs is 2. The molecule has 5 fully saturated rings. The Kier molecular flexibility index (Phi) is 12.0. The van der Waals surface area contributed by atoms with Crippen molar-refractivity contribution in [3.63, 3.8) is 0 Å². The van der Waals surface area contributed by atoms with Crippen molar-refractivity contribution in [1.82, 2.24) is 40.2 Å². The van der Waals surface area contributed by atoms with E-state index < -0.39 is 0 Å². The van der Waals surface area contributed by atoms with E-state index in [4.69, 9.17) is 21.4 Å². The SMILES string of the molecule is CC(=O)N1CCc2c(c(N3CCCc4cc(C5=CN(C)NC5)c(C)cc43)nn2C2CCC(N3CCC4(CC3)CC(Oc3ccc(N5CCC6(CCN(c7ccc(C#N)c(Cl)c7)C6)CC5)nn3)C4)CC2)C1. The molecule has 12 rings (SSSR count). The number of anilines is 4. The van der Waals surface area contributed by atoms with Crippen molar-refractivity contribution in [1.29, 1.82) is 5.26 Å². The molecule has 2 spiro atoms. The van der Waals surface area contributed by atoms with Gasteiger partial charge in [-0.1, -0.05) is 11.6 Å². The molecule has 368 valence electrons. The third-order valence-electron chi connectivity index (χ3n) is 18.2. The lowest BCUT2D eigenvalue weighted by molar-refractivity contribution is -0.129. The first-order valence-corrected chi connectivity index (χ1v) is 26.8. The van der Waals surface area contributed by atoms with E-state index in [1.54, 1.807) is 6.92 Å². The van der Waals surface area contributed by atoms with E-state index in [2.05, 4.69) is 89.4 Å². The summed E-state index contributed by atoms with van der Waals surface area (Å²) < 4.78 is 8.87. The van der Waals surface area contributed by atoms with E-state index in [1.807, 2.05) is 29.2 Å². The number of aryl methyl sites for hydroxylation is 2. The average molecular weight is 966 g/mol. The molecule has 1 N–H and O–H groups in total. The van der Waals surface area contributed by atoms with Gasteiger partial charge in [0.2, 0.25) is 11.8 Å². The predicted octanol–water partition coefficient (Wildman–Crippen LogP) is 8.59. The van der Waals surface area contributed by atoms with Gasteiger partial charge < -0.3 is 34.2 Å². The minimum absolute atomic E-state index is 0.148. The van der Waals surface area contributed by atoms with Crippen LogP contribution in [0.5, 0.6) is 5.88 Å². The number of nitrogens with one attached hydrogen (secondary N) is 1. The Hall–Kier alpha value is -5.36. The van der Waals surface area contributed by atoms with Crippen molar-refractivity contribution in [2.75, 3.05) is 80.7 Å². The molecule has 1 amide bonds. The van der Waals surface area contributed by atoms with Crippen molar-refractivity contribution in [3.05, 3.63) is 87.2 Å². The highest BCUT2D eigenvalue weighted by Gasteiger charge is 2.48. The minimum Gasteiger partial charge on any atom is -0.473 e. The standard InChI is InChI=1S/C55H69ClN12O2/c1-37-27-50-39(28-46(37)41-33-58-62(3)34-41)5-4-20-67(50)53-47-35-65(38(2)69)21-14-49(47)68(61-53)43-10-8-42(9-11-43)63-22-18-55(19-23-63)30-45(31-55)70-52-13-12-51(59-60-52)64-24-15-54(16-25-64)17-26-66(36-54)44-7-6-40(32-57)48(56)29-44/h6-7,12-13,27-29,34,42-43,45,58H,4-5,8-11,14-26,30-31,33,35-36H2,1-3H3. The molecule has 6 aliphatic heterocycles. The largest absolute Gasteiger partial charge is 0.473 e. The molecule has 15 heteroatoms. The van der Waals surface area contributed by atoms with Gasteiger partial charge in [-0.05, 0) is 173 Å². The normalized spacial score (nSPS) is 24.4. The fraction of sp³-hybridized carbons (Fsp3) is 0.582. The lowest BCUT2D eigenvalue weighted by Gasteiger charge is -2.53. The lowest BCUT2D eigenvalue weighted by atomic mass is 9.61. The summed E-state index contributed by atoms with van der Waals surface area (Å²) in [6.07, 6.45) is 18.3. The van der Waals surface area contributed by atoms with Gasteiger partial charge in [-0.25, -0.2) is 5.43 Å². The molecular formula is C55H69ClN12O2. The number of likely N-dealkylation sites (tertiary alicyclic amines) is 1. The number of benzene rings is 2. The molecule has 4 aromatic rings. The van der Waals surface area contributed by atoms with Gasteiger partial charge >= 0.3 is 0 Å². The summed E-state index contributed by atoms with van der Waals surface area (Å²) >= 11 is 6.37. The van der Waals surface area contributed by atoms with Crippen LogP contribution in [0.15, 0.2) is 48.7 Å². The third-order valence-corrected chi connectivity index (χ3v) is 18.5. The minimum atomic E-state index is 0.148. The lowest BCUT2D eigenvalue weighted by Crippen LogP contribution is -2.53. The van der Waals surface area contributed by atoms with Crippen molar-refractivity contribution < 1.29 is 9.53 Å². The number of hydrogen-bond donors (Lipinski definition) is 1. The highest BCUT2D eigenvalue weighted by Crippen LogP contribution is 2.51. The molecule has 0 atom stereocenters. The second kappa shape index (κ2) is 18.4. The van der Waals surface area contributed by atoms with Crippen molar-refractivity contribution in [2.24, 2.45) is 10.8 Å². The number of halogens is 1. The van der Waals surface area contributed by atoms with Crippen molar-refractivity contribution >= 4 is 46.1 Å². The Morgan fingerprint density at radius 1 is 0.871 bits per heavy atom. The van der Waals surface area contributed by atoms with E-state index >= 15 is 0 Å². The maximum Gasteiger partial charge on any atom is 0.233 e. The summed E-state index contributed by atoms with van der Waals surface area (Å²) in [5.74, 6) is 2.81. The number of carbonyl (C=O) groups excluding carboxylic acids is 1. The number of carbonyl (C=O) groups is 1. The number of amides is 1. The fourth-order valence-electron chi connectivity index (χ4n) is 13.9. The van der Waals surface area contributed by atoms with Gasteiger partial charge in [0.15, 0.2) is 11.6 Å². The smallest absolute Gasteiger partial charge is 0.233 e. The highest BCUT2D eigenvalue weighted by atomic mass is 35.5. The quantitative estimate of drug-likeness (QED) is 0.182. The summed E-state index contributed by atoms with van der Waals surface area (Å²) in [5.41, 5.74) is 15.0. The van der Waals surface area contributed by atoms with E-state index in [0.29, 0.717) is 45.9 Å². The molecule has 0 unspecified atom stereocenters. The van der Waals surface area contributed by atoms with Gasteiger partial charge in [-0.2, -0.15) is 10.4 Å². The van der Waals surface area contributed by atoms with Crippen LogP contribution in [0.2, 0.25) is 5.02 Å². The Morgan fingerprint density at radius 3 is 2.33 bits per heavy atom. The van der Waals surface area contributed by atoms with Crippen LogP contribution < -0.4 is 24.9 Å². The Morgan fingerprint density at radius 2 is 1.63 bits per heavy atom. The van der Waals surface area contributed by atoms with Crippen LogP contribution in [0, 0.1) is 29.1 Å². The Balaban J connectivity index is 0.625. The highest BCUT2D eigenvalue weighted by molar-refractivity contribution is 6.32. The molecule has 2 aromatic carbocycles. The van der Waals surface area contributed by atoms with E-state index in [-0.39, 0.29) is 12.0 Å². The van der Waals surface area contributed by atoms with Gasteiger partial charge in [-0.3, -0.25) is 9.48 Å². The summed E-state index contributed by atoms with van der Waals surface area (Å²) in [5, 5.41) is 26.7. The zero-order valence-electron chi connectivity index (χ0n) is 41.4. The predicted molar refractivity (Wildman–Crippen MR) is 274 cm³/mol. The number of rotatable bonds is 8. The second-order valence-corrected chi connectivity index (χ2v) is 22.8. The zero-order chi connectivity index (χ0) is 47.7. The zero-order valence-corrected chi connectivity index (χ0v) is 42.2. The summed E-state index contributed by atoms with van der Waals surface area (Å²) in [6, 6.07) is 18.0. The number of nitrogens with zero attached hydrogens (tertiary/aromatic N) is 11. The summed E-state index contributed by atoms with van der Waals surface area (Å²) in [7, 11) is 2.06. The van der Waals surface area contributed by atoms with Gasteiger partial charge in [0, 0.05) is 107 Å². The molecule has 0 bridgehead atoms. The van der Waals surface area contributed by atoms with Crippen LogP contribution >= 0.6 is 11.6 Å². The van der Waals surface area contributed by atoms with Crippen LogP contribution in [0.3, 0.4) is 0 Å². The molecule has 70 heavy (non-hydrogen) atoms. The molecular weight excluding hydrogens is 896 g/mol. The number of hydrogen-bond acceptors (Lipinski definition) is 12. The summed E-state index contributed by atoms with van der Waals surface area (Å²) in [6.45, 7) is 13.5. The first kappa shape index (κ1) is 45.8. The summed E-state index contributed by atoms with van der Waals surface area (Å²) in [4.78, 5) is 24.9. The molecule has 8 aliphatic rings. The van der Waals surface area contributed by atoms with Crippen LogP contribution in [0.25, 0.3) is 5.57 Å². The first-order chi connectivity index (χ1) is 34.0. The van der Waals surface area contributed by atoms with E-state index in [1.165, 1.54) is 84.4 Å². The molecule has 2 aromatic heterocycles. The maximum atomic E-state index is 12.8. The number of hydrazine groups is 1. The number of piperidine rings is 2. The molecule has 8 heterocycles. The van der Waals surface area contributed by atoms with Crippen LogP contribution in [0.1, 0.15) is 124 Å². The molecule has 2 aliphatic carbocycles. The van der Waals surface area contributed by atoms with Gasteiger partial charge in [-0.15, -0.1) is 10.2 Å². The number of ether oxygens (including phenoxy) is 1. The van der Waals surface area contributed by atoms with E-state index in [0.717, 1.165) is 121 Å². The van der Waals surface area contributed by atoms with Crippen molar-refractivity contribution in [3.8, 4) is 11.9 Å². The van der Waals surface area contributed by atoms with Crippen molar-refractivity contribution in [2.45, 2.75) is 128 Å². The van der Waals surface area contributed by atoms with Crippen LogP contribution in [-0.2, 0) is 24.2 Å². The van der Waals surface area contributed by atoms with E-state index in [9.17, 15) is 10.1 Å². The number of nitriles is 1. The van der Waals surface area contributed by atoms with Gasteiger partial charge in [0.05, 0.1) is 23.2 Å². The van der Waals surface area contributed by atoms with Gasteiger partial charge in [0.1, 0.15) is 12.2 Å². The Labute approximate surface area is 418 Å². The third kappa shape index (κ3) is 8.57. The van der Waals surface area contributed by atoms with Crippen LogP contribution in [-0.4, -0.2) is 119 Å². The molecule has 2 saturated carbocycles. The average Bonchev–Trinajstić information content (AvgIpc) is 4.11. The Bertz CT molecular complexity index is 2700. The topological polar surface area (TPSA) is 125 Å². The monoisotopic (exact) mass is 965 g/mol. The molecule has 3 saturated heterocycles. The van der Waals surface area contributed by atoms with Gasteiger partial charge in [0.25, 0.3) is 0 Å². The molecule has 0 radical (unpaired) electrons. The second-order valence-electron chi connectivity index (χ2n) is 22.3. The first-order valence-electron chi connectivity index (χ1n) is 26.4.